The molecule has 1 N–H and O–H groups in total. The number of anilines is 1. The Bertz CT molecular complexity index is 1020. The molecule has 9 nitrogen and oxygen atoms in total. The summed E-state index contributed by atoms with van der Waals surface area (Å²) in [6.07, 6.45) is -0.0765. The lowest BCUT2D eigenvalue weighted by molar-refractivity contribution is -0.119. The van der Waals surface area contributed by atoms with E-state index in [0.717, 1.165) is 17.6 Å². The molecule has 1 atom stereocenters. The van der Waals surface area contributed by atoms with Gasteiger partial charge in [0.1, 0.15) is 22.7 Å². The Balaban J connectivity index is 1.76. The van der Waals surface area contributed by atoms with Crippen molar-refractivity contribution in [3.05, 3.63) is 29.0 Å². The fraction of sp³-hybridized carbons (Fsp3) is 0.375. The average molecular weight is 428 g/mol. The van der Waals surface area contributed by atoms with Gasteiger partial charge in [-0.25, -0.2) is 17.6 Å². The van der Waals surface area contributed by atoms with Gasteiger partial charge in [-0.2, -0.15) is 0 Å². The first-order valence-corrected chi connectivity index (χ1v) is 11.0. The van der Waals surface area contributed by atoms with Gasteiger partial charge in [-0.05, 0) is 18.2 Å². The molecular weight excluding hydrogens is 411 g/mol. The molecule has 1 unspecified atom stereocenters. The zero-order valence-corrected chi connectivity index (χ0v) is 16.6. The normalized spacial score (nSPS) is 16.9. The number of amides is 2. The molecule has 1 saturated heterocycles. The first kappa shape index (κ1) is 20.1. The van der Waals surface area contributed by atoms with Gasteiger partial charge in [0.05, 0.1) is 18.8 Å². The molecular formula is C16H17FN4O5S2. The van der Waals surface area contributed by atoms with Gasteiger partial charge >= 0.3 is 6.09 Å². The maximum absolute atomic E-state index is 14.6. The van der Waals surface area contributed by atoms with Crippen LogP contribution in [0.4, 0.5) is 14.9 Å². The van der Waals surface area contributed by atoms with Gasteiger partial charge in [-0.15, -0.1) is 10.2 Å². The fourth-order valence-corrected chi connectivity index (χ4v) is 4.63. The summed E-state index contributed by atoms with van der Waals surface area (Å²) in [7, 11) is -3.27. The van der Waals surface area contributed by atoms with Crippen LogP contribution in [0.15, 0.2) is 18.2 Å². The van der Waals surface area contributed by atoms with Crippen molar-refractivity contribution in [2.75, 3.05) is 24.2 Å². The van der Waals surface area contributed by atoms with E-state index in [0.29, 0.717) is 5.69 Å². The van der Waals surface area contributed by atoms with Gasteiger partial charge in [0, 0.05) is 18.7 Å². The molecule has 0 radical (unpaired) electrons. The van der Waals surface area contributed by atoms with Crippen LogP contribution < -0.4 is 10.2 Å². The zero-order valence-electron chi connectivity index (χ0n) is 15.0. The predicted octanol–water partition coefficient (Wildman–Crippen LogP) is 1.35. The number of hydrogen-bond donors (Lipinski definition) is 1. The number of cyclic esters (lactones) is 1. The van der Waals surface area contributed by atoms with E-state index < -0.39 is 27.9 Å². The molecule has 1 aliphatic rings. The van der Waals surface area contributed by atoms with Crippen molar-refractivity contribution in [2.24, 2.45) is 0 Å². The Morgan fingerprint density at radius 3 is 2.82 bits per heavy atom. The van der Waals surface area contributed by atoms with Crippen molar-refractivity contribution < 1.29 is 27.1 Å². The van der Waals surface area contributed by atoms with Crippen molar-refractivity contribution in [3.63, 3.8) is 0 Å². The van der Waals surface area contributed by atoms with Gasteiger partial charge in [0.2, 0.25) is 5.91 Å². The van der Waals surface area contributed by atoms with E-state index in [-0.39, 0.29) is 40.3 Å². The van der Waals surface area contributed by atoms with Crippen LogP contribution in [0.1, 0.15) is 11.9 Å². The number of carbonyl (C=O) groups excluding carboxylic acids is 2. The molecule has 2 amide bonds. The Morgan fingerprint density at radius 1 is 1.43 bits per heavy atom. The minimum atomic E-state index is -3.27. The average Bonchev–Trinajstić information content (AvgIpc) is 3.18. The molecule has 1 aromatic carbocycles. The Morgan fingerprint density at radius 2 is 2.18 bits per heavy atom. The van der Waals surface area contributed by atoms with E-state index in [1.165, 1.54) is 30.0 Å². The number of hydrogen-bond acceptors (Lipinski definition) is 8. The lowest BCUT2D eigenvalue weighted by Gasteiger charge is -2.14. The standard InChI is InChI=1S/C16H17FN4O5S2/c1-9(22)18-6-11-7-21(16(23)26-11)10-3-4-12(13(17)5-10)15-20-19-14(27-15)8-28(2,24)25/h3-5,11H,6-8H2,1-2H3,(H,18,22). The second-order valence-electron chi connectivity index (χ2n) is 6.29. The summed E-state index contributed by atoms with van der Waals surface area (Å²) in [4.78, 5) is 24.3. The van der Waals surface area contributed by atoms with E-state index >= 15 is 0 Å². The van der Waals surface area contributed by atoms with Crippen LogP contribution >= 0.6 is 11.3 Å². The molecule has 28 heavy (non-hydrogen) atoms. The number of ether oxygens (including phenoxy) is 1. The zero-order chi connectivity index (χ0) is 20.5. The smallest absolute Gasteiger partial charge is 0.414 e. The molecule has 1 aromatic heterocycles. The highest BCUT2D eigenvalue weighted by atomic mass is 32.2. The Labute approximate surface area is 164 Å². The third kappa shape index (κ3) is 4.81. The van der Waals surface area contributed by atoms with Crippen LogP contribution in [0.3, 0.4) is 0 Å². The van der Waals surface area contributed by atoms with Crippen LogP contribution in [-0.4, -0.2) is 56.1 Å². The molecule has 0 bridgehead atoms. The van der Waals surface area contributed by atoms with Crippen molar-refractivity contribution >= 4 is 38.9 Å². The van der Waals surface area contributed by atoms with E-state index in [9.17, 15) is 22.4 Å². The number of aromatic nitrogens is 2. The molecule has 0 saturated carbocycles. The number of carbonyl (C=O) groups is 2. The van der Waals surface area contributed by atoms with Crippen LogP contribution in [0.5, 0.6) is 0 Å². The molecule has 2 aromatic rings. The maximum atomic E-state index is 14.6. The summed E-state index contributed by atoms with van der Waals surface area (Å²) < 4.78 is 42.4. The first-order valence-electron chi connectivity index (χ1n) is 8.15. The molecule has 3 rings (SSSR count). The van der Waals surface area contributed by atoms with E-state index in [1.807, 2.05) is 0 Å². The van der Waals surface area contributed by atoms with E-state index in [1.54, 1.807) is 0 Å². The summed E-state index contributed by atoms with van der Waals surface area (Å²) in [6.45, 7) is 1.71. The number of nitrogens with zero attached hydrogens (tertiary/aromatic N) is 3. The third-order valence-corrected chi connectivity index (χ3v) is 5.74. The largest absolute Gasteiger partial charge is 0.442 e. The Kier molecular flexibility index (Phi) is 5.61. The number of rotatable bonds is 6. The highest BCUT2D eigenvalue weighted by molar-refractivity contribution is 7.90. The highest BCUT2D eigenvalue weighted by Crippen LogP contribution is 2.31. The maximum Gasteiger partial charge on any atom is 0.414 e. The number of nitrogens with one attached hydrogen (secondary N) is 1. The third-order valence-electron chi connectivity index (χ3n) is 3.80. The second-order valence-corrected chi connectivity index (χ2v) is 9.49. The molecule has 12 heteroatoms. The van der Waals surface area contributed by atoms with Gasteiger partial charge in [-0.1, -0.05) is 11.3 Å². The highest BCUT2D eigenvalue weighted by Gasteiger charge is 2.32. The lowest BCUT2D eigenvalue weighted by atomic mass is 10.2. The van der Waals surface area contributed by atoms with Gasteiger partial charge < -0.3 is 10.1 Å². The number of benzene rings is 1. The Hall–Kier alpha value is -2.60. The van der Waals surface area contributed by atoms with Crippen molar-refractivity contribution in [1.29, 1.82) is 0 Å². The monoisotopic (exact) mass is 428 g/mol. The molecule has 0 aliphatic carbocycles. The minimum absolute atomic E-state index is 0.156. The minimum Gasteiger partial charge on any atom is -0.442 e. The van der Waals surface area contributed by atoms with E-state index in [4.69, 9.17) is 4.74 Å². The predicted molar refractivity (Wildman–Crippen MR) is 100 cm³/mol. The van der Waals surface area contributed by atoms with Crippen molar-refractivity contribution in [2.45, 2.75) is 18.8 Å². The summed E-state index contributed by atoms with van der Waals surface area (Å²) in [5.41, 5.74) is 0.459. The number of sulfone groups is 1. The SMILES string of the molecule is CC(=O)NCC1CN(c2ccc(-c3nnc(CS(C)(=O)=O)s3)c(F)c2)C(=O)O1. The van der Waals surface area contributed by atoms with Crippen LogP contribution in [-0.2, 0) is 25.1 Å². The second kappa shape index (κ2) is 7.80. The lowest BCUT2D eigenvalue weighted by Crippen LogP contribution is -2.33. The summed E-state index contributed by atoms with van der Waals surface area (Å²) in [5.74, 6) is -1.13. The van der Waals surface area contributed by atoms with Gasteiger partial charge in [0.25, 0.3) is 0 Å². The van der Waals surface area contributed by atoms with Crippen LogP contribution in [0, 0.1) is 5.82 Å². The van der Waals surface area contributed by atoms with Gasteiger partial charge in [-0.3, -0.25) is 9.69 Å². The molecule has 1 aliphatic heterocycles. The van der Waals surface area contributed by atoms with Gasteiger partial charge in [0.15, 0.2) is 14.8 Å². The topological polar surface area (TPSA) is 119 Å². The summed E-state index contributed by atoms with van der Waals surface area (Å²) in [6, 6.07) is 4.16. The summed E-state index contributed by atoms with van der Waals surface area (Å²) >= 11 is 0.989. The quantitative estimate of drug-likeness (QED) is 0.738. The molecule has 1 fully saturated rings. The summed E-state index contributed by atoms with van der Waals surface area (Å²) in [5, 5.41) is 10.7. The number of halogens is 1. The molecule has 150 valence electrons. The van der Waals surface area contributed by atoms with E-state index in [2.05, 4.69) is 15.5 Å². The molecule has 2 heterocycles. The van der Waals surface area contributed by atoms with Crippen molar-refractivity contribution in [1.82, 2.24) is 15.5 Å². The molecule has 0 spiro atoms. The van der Waals surface area contributed by atoms with Crippen LogP contribution in [0.25, 0.3) is 10.6 Å². The van der Waals surface area contributed by atoms with Crippen molar-refractivity contribution in [3.8, 4) is 10.6 Å². The first-order chi connectivity index (χ1) is 13.1. The fourth-order valence-electron chi connectivity index (χ4n) is 2.59. The van der Waals surface area contributed by atoms with Crippen LogP contribution in [0.2, 0.25) is 0 Å².